The fourth-order valence-electron chi connectivity index (χ4n) is 3.81. The molecule has 0 atom stereocenters. The fraction of sp³-hybridized carbons (Fsp3) is 0.905. The van der Waals surface area contributed by atoms with Gasteiger partial charge >= 0.3 is 6.09 Å². The highest BCUT2D eigenvalue weighted by Crippen LogP contribution is 2.20. The van der Waals surface area contributed by atoms with Gasteiger partial charge in [0, 0.05) is 58.3 Å². The number of piperidine rings is 1. The number of nitrogens with one attached hydrogen (secondary N) is 1. The average Bonchev–Trinajstić information content (AvgIpc) is 2.71. The van der Waals surface area contributed by atoms with E-state index in [0.717, 1.165) is 26.1 Å². The molecular weight excluding hydrogens is 420 g/mol. The van der Waals surface area contributed by atoms with Crippen LogP contribution in [0.4, 0.5) is 4.79 Å². The Morgan fingerprint density at radius 1 is 1.03 bits per heavy atom. The summed E-state index contributed by atoms with van der Waals surface area (Å²) >= 11 is 0. The zero-order valence-corrected chi connectivity index (χ0v) is 20.4. The Balaban J connectivity index is 1.63. The second kappa shape index (κ2) is 11.5. The highest BCUT2D eigenvalue weighted by molar-refractivity contribution is 7.89. The number of unbranched alkanes of at least 4 members (excludes halogenated alkanes) is 1. The van der Waals surface area contributed by atoms with E-state index in [9.17, 15) is 18.0 Å². The van der Waals surface area contributed by atoms with Crippen molar-refractivity contribution in [1.29, 1.82) is 0 Å². The molecular formula is C21H40N4O5S. The van der Waals surface area contributed by atoms with Gasteiger partial charge in [0.15, 0.2) is 0 Å². The number of nitrogens with zero attached hydrogens (tertiary/aromatic N) is 3. The monoisotopic (exact) mass is 460 g/mol. The molecule has 0 saturated carbocycles. The van der Waals surface area contributed by atoms with E-state index in [2.05, 4.69) is 10.2 Å². The second-order valence-corrected chi connectivity index (χ2v) is 11.5. The standard InChI is InChI=1S/C21H40N4O5S/c1-5-6-17-31(28,29)25-10-7-18(8-11-25)19(26)22-9-12-23-13-15-24(16-14-23)20(27)30-21(2,3)4/h18H,5-17H2,1-4H3,(H,22,26). The van der Waals surface area contributed by atoms with Gasteiger partial charge in [-0.05, 0) is 40.0 Å². The van der Waals surface area contributed by atoms with Gasteiger partial charge in [0.25, 0.3) is 0 Å². The predicted molar refractivity (Wildman–Crippen MR) is 120 cm³/mol. The zero-order valence-electron chi connectivity index (χ0n) is 19.6. The summed E-state index contributed by atoms with van der Waals surface area (Å²) in [5.41, 5.74) is -0.492. The van der Waals surface area contributed by atoms with Crippen LogP contribution in [-0.2, 0) is 19.6 Å². The lowest BCUT2D eigenvalue weighted by Gasteiger charge is -2.35. The summed E-state index contributed by atoms with van der Waals surface area (Å²) in [6.07, 6.45) is 2.41. The molecule has 0 aromatic carbocycles. The molecule has 2 heterocycles. The zero-order chi connectivity index (χ0) is 23.1. The third kappa shape index (κ3) is 8.57. The van der Waals surface area contributed by atoms with E-state index < -0.39 is 15.6 Å². The first-order valence-electron chi connectivity index (χ1n) is 11.5. The third-order valence-electron chi connectivity index (χ3n) is 5.73. The Labute approximate surface area is 187 Å². The van der Waals surface area contributed by atoms with E-state index in [1.807, 2.05) is 27.7 Å². The van der Waals surface area contributed by atoms with Crippen molar-refractivity contribution in [1.82, 2.24) is 19.4 Å². The number of sulfonamides is 1. The number of carbonyl (C=O) groups excluding carboxylic acids is 2. The van der Waals surface area contributed by atoms with Gasteiger partial charge < -0.3 is 15.0 Å². The molecule has 0 aromatic heterocycles. The van der Waals surface area contributed by atoms with Crippen LogP contribution in [0.15, 0.2) is 0 Å². The summed E-state index contributed by atoms with van der Waals surface area (Å²) in [4.78, 5) is 28.5. The molecule has 10 heteroatoms. The van der Waals surface area contributed by atoms with Crippen molar-refractivity contribution in [3.8, 4) is 0 Å². The minimum Gasteiger partial charge on any atom is -0.444 e. The Hall–Kier alpha value is -1.39. The molecule has 2 fully saturated rings. The lowest BCUT2D eigenvalue weighted by Crippen LogP contribution is -2.51. The summed E-state index contributed by atoms with van der Waals surface area (Å²) < 4.78 is 31.5. The lowest BCUT2D eigenvalue weighted by atomic mass is 9.97. The van der Waals surface area contributed by atoms with Crippen molar-refractivity contribution >= 4 is 22.0 Å². The summed E-state index contributed by atoms with van der Waals surface area (Å²) in [6.45, 7) is 12.4. The molecule has 0 radical (unpaired) electrons. The minimum absolute atomic E-state index is 0.0120. The van der Waals surface area contributed by atoms with Crippen molar-refractivity contribution in [3.63, 3.8) is 0 Å². The van der Waals surface area contributed by atoms with Gasteiger partial charge in [-0.15, -0.1) is 0 Å². The molecule has 180 valence electrons. The topological polar surface area (TPSA) is 99.3 Å². The summed E-state index contributed by atoms with van der Waals surface area (Å²) in [7, 11) is -3.19. The number of rotatable bonds is 8. The van der Waals surface area contributed by atoms with Crippen LogP contribution in [-0.4, -0.2) is 98.2 Å². The van der Waals surface area contributed by atoms with Gasteiger partial charge in [-0.1, -0.05) is 13.3 Å². The third-order valence-corrected chi connectivity index (χ3v) is 7.68. The maximum atomic E-state index is 12.5. The molecule has 0 aromatic rings. The maximum absolute atomic E-state index is 12.5. The predicted octanol–water partition coefficient (Wildman–Crippen LogP) is 1.50. The average molecular weight is 461 g/mol. The minimum atomic E-state index is -3.19. The number of ether oxygens (including phenoxy) is 1. The van der Waals surface area contributed by atoms with E-state index in [1.54, 1.807) is 4.90 Å². The summed E-state index contributed by atoms with van der Waals surface area (Å²) in [6, 6.07) is 0. The molecule has 2 aliphatic heterocycles. The number of carbonyl (C=O) groups is 2. The number of hydrogen-bond acceptors (Lipinski definition) is 6. The smallest absolute Gasteiger partial charge is 0.410 e. The van der Waals surface area contributed by atoms with Crippen LogP contribution in [0.25, 0.3) is 0 Å². The summed E-state index contributed by atoms with van der Waals surface area (Å²) in [5.74, 6) is 0.0845. The van der Waals surface area contributed by atoms with Crippen molar-refractivity contribution in [2.75, 3.05) is 58.1 Å². The largest absolute Gasteiger partial charge is 0.444 e. The summed E-state index contributed by atoms with van der Waals surface area (Å²) in [5, 5.41) is 3.00. The molecule has 2 aliphatic rings. The normalized spacial score (nSPS) is 19.9. The molecule has 2 saturated heterocycles. The molecule has 9 nitrogen and oxygen atoms in total. The molecule has 0 aliphatic carbocycles. The molecule has 0 bridgehead atoms. The van der Waals surface area contributed by atoms with Crippen molar-refractivity contribution in [2.45, 2.75) is 59.0 Å². The Morgan fingerprint density at radius 2 is 1.65 bits per heavy atom. The first-order valence-corrected chi connectivity index (χ1v) is 13.1. The molecule has 2 rings (SSSR count). The van der Waals surface area contributed by atoms with Gasteiger partial charge in [-0.3, -0.25) is 9.69 Å². The van der Waals surface area contributed by atoms with Crippen LogP contribution in [0, 0.1) is 5.92 Å². The fourth-order valence-corrected chi connectivity index (χ4v) is 5.49. The SMILES string of the molecule is CCCCS(=O)(=O)N1CCC(C(=O)NCCN2CCN(C(=O)OC(C)(C)C)CC2)CC1. The van der Waals surface area contributed by atoms with Crippen molar-refractivity contribution in [3.05, 3.63) is 0 Å². The first kappa shape index (κ1) is 25.9. The van der Waals surface area contributed by atoms with Gasteiger partial charge in [0.2, 0.25) is 15.9 Å². The van der Waals surface area contributed by atoms with E-state index in [4.69, 9.17) is 4.74 Å². The number of hydrogen-bond donors (Lipinski definition) is 1. The van der Waals surface area contributed by atoms with Crippen LogP contribution in [0.3, 0.4) is 0 Å². The van der Waals surface area contributed by atoms with E-state index in [-0.39, 0.29) is 23.7 Å². The van der Waals surface area contributed by atoms with E-state index in [1.165, 1.54) is 4.31 Å². The van der Waals surface area contributed by atoms with Gasteiger partial charge in [0.1, 0.15) is 5.60 Å². The van der Waals surface area contributed by atoms with Crippen LogP contribution in [0.2, 0.25) is 0 Å². The molecule has 1 N–H and O–H groups in total. The molecule has 0 spiro atoms. The van der Waals surface area contributed by atoms with Crippen molar-refractivity contribution in [2.24, 2.45) is 5.92 Å². The first-order chi connectivity index (χ1) is 14.5. The highest BCUT2D eigenvalue weighted by atomic mass is 32.2. The molecule has 2 amide bonds. The van der Waals surface area contributed by atoms with Crippen LogP contribution < -0.4 is 5.32 Å². The van der Waals surface area contributed by atoms with E-state index in [0.29, 0.717) is 52.0 Å². The molecule has 0 unspecified atom stereocenters. The number of amides is 2. The quantitative estimate of drug-likeness (QED) is 0.589. The Bertz CT molecular complexity index is 691. The van der Waals surface area contributed by atoms with Crippen LogP contribution >= 0.6 is 0 Å². The van der Waals surface area contributed by atoms with Crippen molar-refractivity contribution < 1.29 is 22.7 Å². The van der Waals surface area contributed by atoms with Crippen LogP contribution in [0.5, 0.6) is 0 Å². The Morgan fingerprint density at radius 3 is 2.19 bits per heavy atom. The number of piperazine rings is 1. The lowest BCUT2D eigenvalue weighted by molar-refractivity contribution is -0.126. The second-order valence-electron chi connectivity index (χ2n) is 9.44. The van der Waals surface area contributed by atoms with E-state index >= 15 is 0 Å². The highest BCUT2D eigenvalue weighted by Gasteiger charge is 2.31. The Kier molecular flexibility index (Phi) is 9.57. The van der Waals surface area contributed by atoms with Gasteiger partial charge in [0.05, 0.1) is 5.75 Å². The molecule has 31 heavy (non-hydrogen) atoms. The van der Waals surface area contributed by atoms with Crippen LogP contribution in [0.1, 0.15) is 53.4 Å². The van der Waals surface area contributed by atoms with Gasteiger partial charge in [-0.2, -0.15) is 0 Å². The van der Waals surface area contributed by atoms with Gasteiger partial charge in [-0.25, -0.2) is 17.5 Å². The maximum Gasteiger partial charge on any atom is 0.410 e.